The third-order valence-corrected chi connectivity index (χ3v) is 2.50. The molecule has 0 radical (unpaired) electrons. The number of rotatable bonds is 3. The highest BCUT2D eigenvalue weighted by Gasteiger charge is 2.32. The van der Waals surface area contributed by atoms with E-state index in [1.54, 1.807) is 6.92 Å². The van der Waals surface area contributed by atoms with Crippen molar-refractivity contribution in [3.05, 3.63) is 0 Å². The molecule has 78 valence electrons. The molecule has 0 aromatic carbocycles. The molecule has 0 bridgehead atoms. The van der Waals surface area contributed by atoms with Crippen LogP contribution in [0.1, 0.15) is 39.5 Å². The van der Waals surface area contributed by atoms with Gasteiger partial charge in [0.15, 0.2) is 0 Å². The zero-order chi connectivity index (χ0) is 10.7. The van der Waals surface area contributed by atoms with Gasteiger partial charge in [-0.3, -0.25) is 19.3 Å². The van der Waals surface area contributed by atoms with E-state index in [4.69, 9.17) is 0 Å². The zero-order valence-electron chi connectivity index (χ0n) is 8.58. The van der Waals surface area contributed by atoms with E-state index in [0.29, 0.717) is 19.3 Å². The lowest BCUT2D eigenvalue weighted by molar-refractivity contribution is -0.144. The summed E-state index contributed by atoms with van der Waals surface area (Å²) in [5, 5.41) is 0. The van der Waals surface area contributed by atoms with Gasteiger partial charge in [0, 0.05) is 18.9 Å². The Kier molecular flexibility index (Phi) is 3.38. The second-order valence-corrected chi connectivity index (χ2v) is 3.61. The van der Waals surface area contributed by atoms with E-state index in [9.17, 15) is 14.4 Å². The van der Waals surface area contributed by atoms with E-state index in [2.05, 4.69) is 0 Å². The van der Waals surface area contributed by atoms with Crippen LogP contribution < -0.4 is 0 Å². The average Bonchev–Trinajstić information content (AvgIpc) is 2.46. The van der Waals surface area contributed by atoms with Gasteiger partial charge in [0.05, 0.1) is 6.42 Å². The maximum atomic E-state index is 11.5. The van der Waals surface area contributed by atoms with Crippen molar-refractivity contribution in [2.45, 2.75) is 45.6 Å². The number of hydrogen-bond acceptors (Lipinski definition) is 3. The maximum absolute atomic E-state index is 11.5. The number of hydrogen-bond donors (Lipinski definition) is 0. The van der Waals surface area contributed by atoms with Crippen molar-refractivity contribution in [1.82, 2.24) is 4.90 Å². The van der Waals surface area contributed by atoms with Crippen LogP contribution in [-0.4, -0.2) is 28.5 Å². The molecule has 1 saturated heterocycles. The largest absolute Gasteiger partial charge is 0.299 e. The molecular weight excluding hydrogens is 182 g/mol. The van der Waals surface area contributed by atoms with Crippen LogP contribution in [0, 0.1) is 0 Å². The Labute approximate surface area is 83.3 Å². The lowest BCUT2D eigenvalue weighted by Crippen LogP contribution is -2.38. The molecule has 0 spiro atoms. The fraction of sp³-hybridized carbons (Fsp3) is 0.700. The van der Waals surface area contributed by atoms with E-state index in [0.717, 1.165) is 0 Å². The summed E-state index contributed by atoms with van der Waals surface area (Å²) in [6, 6.07) is -0.0420. The van der Waals surface area contributed by atoms with Crippen molar-refractivity contribution < 1.29 is 14.4 Å². The molecule has 1 heterocycles. The van der Waals surface area contributed by atoms with Gasteiger partial charge in [-0.2, -0.15) is 0 Å². The Morgan fingerprint density at radius 3 is 2.57 bits per heavy atom. The van der Waals surface area contributed by atoms with Crippen LogP contribution in [0.2, 0.25) is 0 Å². The number of carbonyl (C=O) groups excluding carboxylic acids is 3. The Bertz CT molecular complexity index is 273. The van der Waals surface area contributed by atoms with Gasteiger partial charge in [0.1, 0.15) is 5.78 Å². The van der Waals surface area contributed by atoms with Gasteiger partial charge >= 0.3 is 0 Å². The summed E-state index contributed by atoms with van der Waals surface area (Å²) in [6.07, 6.45) is 1.35. The van der Waals surface area contributed by atoms with Gasteiger partial charge in [0.25, 0.3) is 0 Å². The highest BCUT2D eigenvalue weighted by atomic mass is 16.2. The second kappa shape index (κ2) is 4.35. The van der Waals surface area contributed by atoms with E-state index in [-0.39, 0.29) is 30.1 Å². The van der Waals surface area contributed by atoms with Gasteiger partial charge in [-0.1, -0.05) is 6.92 Å². The highest BCUT2D eigenvalue weighted by molar-refractivity contribution is 6.05. The summed E-state index contributed by atoms with van der Waals surface area (Å²) in [5.74, 6) is -0.597. The van der Waals surface area contributed by atoms with Crippen molar-refractivity contribution in [2.75, 3.05) is 0 Å². The summed E-state index contributed by atoms with van der Waals surface area (Å²) in [5.41, 5.74) is 0. The second-order valence-electron chi connectivity index (χ2n) is 3.61. The van der Waals surface area contributed by atoms with E-state index in [1.807, 2.05) is 6.92 Å². The van der Waals surface area contributed by atoms with E-state index >= 15 is 0 Å². The molecule has 1 rings (SSSR count). The first-order valence-electron chi connectivity index (χ1n) is 4.92. The molecule has 14 heavy (non-hydrogen) atoms. The summed E-state index contributed by atoms with van der Waals surface area (Å²) in [6.45, 7) is 3.55. The quantitative estimate of drug-likeness (QED) is 0.631. The molecule has 4 heteroatoms. The minimum Gasteiger partial charge on any atom is -0.299 e. The summed E-state index contributed by atoms with van der Waals surface area (Å²) in [4.78, 5) is 35.1. The number of amides is 2. The van der Waals surface area contributed by atoms with Gasteiger partial charge in [0.2, 0.25) is 11.8 Å². The molecule has 1 unspecified atom stereocenters. The Morgan fingerprint density at radius 2 is 2.14 bits per heavy atom. The lowest BCUT2D eigenvalue weighted by Gasteiger charge is -2.18. The molecule has 1 atom stereocenters. The van der Waals surface area contributed by atoms with Crippen molar-refractivity contribution in [3.63, 3.8) is 0 Å². The van der Waals surface area contributed by atoms with Crippen LogP contribution in [0.15, 0.2) is 0 Å². The van der Waals surface area contributed by atoms with Crippen molar-refractivity contribution in [3.8, 4) is 0 Å². The summed E-state index contributed by atoms with van der Waals surface area (Å²) in [7, 11) is 0. The molecule has 0 N–H and O–H groups in total. The van der Waals surface area contributed by atoms with E-state index in [1.165, 1.54) is 4.90 Å². The molecule has 0 aromatic heterocycles. The molecule has 4 nitrogen and oxygen atoms in total. The third kappa shape index (κ3) is 2.19. The number of Topliss-reactive ketones (excluding diaryl/α,β-unsaturated/α-hetero) is 1. The first-order chi connectivity index (χ1) is 6.56. The summed E-state index contributed by atoms with van der Waals surface area (Å²) >= 11 is 0. The monoisotopic (exact) mass is 197 g/mol. The van der Waals surface area contributed by atoms with Crippen LogP contribution in [0.4, 0.5) is 0 Å². The fourth-order valence-electron chi connectivity index (χ4n) is 1.59. The molecular formula is C10H15NO3. The number of imide groups is 1. The lowest BCUT2D eigenvalue weighted by atomic mass is 10.2. The minimum absolute atomic E-state index is 0.0420. The van der Waals surface area contributed by atoms with Gasteiger partial charge in [-0.25, -0.2) is 0 Å². The summed E-state index contributed by atoms with van der Waals surface area (Å²) < 4.78 is 0. The standard InChI is InChI=1S/C10H15NO3/c1-3-8(12)6-10(14)11-7(2)4-5-9(11)13/h7H,3-6H2,1-2H3. The minimum atomic E-state index is -0.341. The zero-order valence-corrected chi connectivity index (χ0v) is 8.58. The molecule has 1 fully saturated rings. The van der Waals surface area contributed by atoms with Gasteiger partial charge in [-0.15, -0.1) is 0 Å². The highest BCUT2D eigenvalue weighted by Crippen LogP contribution is 2.19. The Balaban J connectivity index is 2.59. The normalized spacial score (nSPS) is 21.4. The van der Waals surface area contributed by atoms with Gasteiger partial charge < -0.3 is 0 Å². The van der Waals surface area contributed by atoms with Crippen molar-refractivity contribution in [1.29, 1.82) is 0 Å². The maximum Gasteiger partial charge on any atom is 0.236 e. The molecule has 1 aliphatic rings. The molecule has 1 aliphatic heterocycles. The van der Waals surface area contributed by atoms with Crippen LogP contribution in [0.3, 0.4) is 0 Å². The molecule has 0 saturated carbocycles. The predicted molar refractivity (Wildman–Crippen MR) is 50.5 cm³/mol. The molecule has 0 aromatic rings. The number of likely N-dealkylation sites (tertiary alicyclic amines) is 1. The average molecular weight is 197 g/mol. The van der Waals surface area contributed by atoms with Crippen LogP contribution in [0.5, 0.6) is 0 Å². The SMILES string of the molecule is CCC(=O)CC(=O)N1C(=O)CCC1C. The fourth-order valence-corrected chi connectivity index (χ4v) is 1.59. The number of ketones is 1. The number of carbonyl (C=O) groups is 3. The van der Waals surface area contributed by atoms with E-state index < -0.39 is 0 Å². The molecule has 2 amide bonds. The Morgan fingerprint density at radius 1 is 1.50 bits per heavy atom. The Hall–Kier alpha value is -1.19. The first-order valence-corrected chi connectivity index (χ1v) is 4.92. The van der Waals surface area contributed by atoms with Crippen LogP contribution in [-0.2, 0) is 14.4 Å². The van der Waals surface area contributed by atoms with Crippen molar-refractivity contribution >= 4 is 17.6 Å². The number of nitrogens with zero attached hydrogens (tertiary/aromatic N) is 1. The van der Waals surface area contributed by atoms with Crippen molar-refractivity contribution in [2.24, 2.45) is 0 Å². The van der Waals surface area contributed by atoms with Crippen LogP contribution in [0.25, 0.3) is 0 Å². The predicted octanol–water partition coefficient (Wildman–Crippen LogP) is 0.893. The first kappa shape index (κ1) is 10.9. The van der Waals surface area contributed by atoms with Crippen LogP contribution >= 0.6 is 0 Å². The molecule has 0 aliphatic carbocycles. The topological polar surface area (TPSA) is 54.5 Å². The smallest absolute Gasteiger partial charge is 0.236 e. The third-order valence-electron chi connectivity index (χ3n) is 2.50. The van der Waals surface area contributed by atoms with Gasteiger partial charge in [-0.05, 0) is 13.3 Å².